The fourth-order valence-electron chi connectivity index (χ4n) is 7.86. The maximum Gasteiger partial charge on any atom is 0.320 e. The van der Waals surface area contributed by atoms with Crippen LogP contribution < -0.4 is 14.8 Å². The van der Waals surface area contributed by atoms with Crippen molar-refractivity contribution < 1.29 is 24.5 Å². The average Bonchev–Trinajstić information content (AvgIpc) is 3.54. The number of methoxy groups -OCH3 is 1. The Labute approximate surface area is 201 Å². The number of aromatic hydroxyl groups is 1. The third-order valence-electron chi connectivity index (χ3n) is 9.35. The minimum absolute atomic E-state index is 0.0597. The Hall–Kier alpha value is -1.99. The van der Waals surface area contributed by atoms with Gasteiger partial charge in [0, 0.05) is 41.2 Å². The summed E-state index contributed by atoms with van der Waals surface area (Å²) >= 11 is 0. The van der Waals surface area contributed by atoms with E-state index in [9.17, 15) is 15.0 Å². The van der Waals surface area contributed by atoms with Gasteiger partial charge in [0.25, 0.3) is 0 Å². The van der Waals surface area contributed by atoms with Crippen LogP contribution in [0.3, 0.4) is 0 Å². The van der Waals surface area contributed by atoms with E-state index < -0.39 is 12.0 Å². The number of ether oxygens (including phenoxy) is 2. The Morgan fingerprint density at radius 3 is 2.79 bits per heavy atom. The standard InChI is InChI=1S/C27H38N2O5/c1-14(2)10-19(26(31)32)28-18-7-6-17-20-11-16-22(33-3)12-21(30)24-23(16)27(17,25(18)34-24)8-9-29(20)13-15-4-5-15/h12,14-15,17-20,25,28,30H,4-11,13H2,1-3H3,(H,31,32)/t17-,18+,19-,20+,25-,27-/m0/s1. The second-order valence-electron chi connectivity index (χ2n) is 11.8. The molecule has 6 rings (SSSR count). The van der Waals surface area contributed by atoms with E-state index in [-0.39, 0.29) is 29.2 Å². The fraction of sp³-hybridized carbons (Fsp3) is 0.741. The van der Waals surface area contributed by atoms with Crippen LogP contribution in [0.25, 0.3) is 0 Å². The lowest BCUT2D eigenvalue weighted by Gasteiger charge is -2.60. The lowest BCUT2D eigenvalue weighted by atomic mass is 9.51. The molecule has 6 atom stereocenters. The molecule has 34 heavy (non-hydrogen) atoms. The maximum absolute atomic E-state index is 12.1. The molecule has 5 aliphatic rings. The summed E-state index contributed by atoms with van der Waals surface area (Å²) in [7, 11) is 1.68. The summed E-state index contributed by atoms with van der Waals surface area (Å²) in [6.45, 7) is 6.35. The summed E-state index contributed by atoms with van der Waals surface area (Å²) < 4.78 is 12.4. The first-order valence-corrected chi connectivity index (χ1v) is 13.2. The van der Waals surface area contributed by atoms with E-state index in [4.69, 9.17) is 9.47 Å². The minimum Gasteiger partial charge on any atom is -0.504 e. The molecule has 3 aliphatic carbocycles. The number of piperidine rings is 1. The molecule has 3 N–H and O–H groups in total. The zero-order chi connectivity index (χ0) is 23.8. The molecule has 0 unspecified atom stereocenters. The van der Waals surface area contributed by atoms with E-state index in [1.54, 1.807) is 13.2 Å². The van der Waals surface area contributed by atoms with Crippen LogP contribution in [0.5, 0.6) is 17.2 Å². The van der Waals surface area contributed by atoms with E-state index in [0.717, 1.165) is 49.5 Å². The Morgan fingerprint density at radius 1 is 1.32 bits per heavy atom. The van der Waals surface area contributed by atoms with E-state index in [1.165, 1.54) is 24.9 Å². The summed E-state index contributed by atoms with van der Waals surface area (Å²) in [5.74, 6) is 2.31. The highest BCUT2D eigenvalue weighted by Gasteiger charge is 2.66. The molecule has 2 aliphatic heterocycles. The summed E-state index contributed by atoms with van der Waals surface area (Å²) in [6.07, 6.45) is 6.98. The Kier molecular flexibility index (Phi) is 5.30. The summed E-state index contributed by atoms with van der Waals surface area (Å²) in [4.78, 5) is 14.8. The number of carboxylic acids is 1. The van der Waals surface area contributed by atoms with Crippen molar-refractivity contribution in [3.63, 3.8) is 0 Å². The lowest BCUT2D eigenvalue weighted by molar-refractivity contribution is -0.141. The number of hydrogen-bond donors (Lipinski definition) is 3. The number of likely N-dealkylation sites (tertiary alicyclic amines) is 1. The van der Waals surface area contributed by atoms with Crippen molar-refractivity contribution in [2.75, 3.05) is 20.2 Å². The van der Waals surface area contributed by atoms with E-state index >= 15 is 0 Å². The smallest absolute Gasteiger partial charge is 0.320 e. The number of nitrogens with zero attached hydrogens (tertiary/aromatic N) is 1. The quantitative estimate of drug-likeness (QED) is 0.537. The molecule has 1 aromatic carbocycles. The number of phenols is 1. The van der Waals surface area contributed by atoms with Gasteiger partial charge in [-0.3, -0.25) is 15.0 Å². The van der Waals surface area contributed by atoms with Gasteiger partial charge >= 0.3 is 5.97 Å². The lowest BCUT2D eigenvalue weighted by Crippen LogP contribution is -2.69. The van der Waals surface area contributed by atoms with Gasteiger partial charge in [-0.25, -0.2) is 0 Å². The third-order valence-corrected chi connectivity index (χ3v) is 9.35. The van der Waals surface area contributed by atoms with Gasteiger partial charge < -0.3 is 19.7 Å². The monoisotopic (exact) mass is 470 g/mol. The number of aliphatic carboxylic acids is 1. The first kappa shape index (κ1) is 22.5. The normalized spacial score (nSPS) is 34.5. The van der Waals surface area contributed by atoms with Gasteiger partial charge in [0.15, 0.2) is 11.5 Å². The summed E-state index contributed by atoms with van der Waals surface area (Å²) in [6, 6.07) is 1.51. The van der Waals surface area contributed by atoms with Crippen LogP contribution in [0.15, 0.2) is 6.07 Å². The molecule has 1 aromatic rings. The molecule has 0 aromatic heterocycles. The van der Waals surface area contributed by atoms with Gasteiger partial charge in [-0.05, 0) is 69.2 Å². The van der Waals surface area contributed by atoms with Crippen LogP contribution in [-0.2, 0) is 16.6 Å². The number of carboxylic acid groups (broad SMARTS) is 1. The second kappa shape index (κ2) is 8.02. The van der Waals surface area contributed by atoms with Gasteiger partial charge in [0.1, 0.15) is 17.9 Å². The summed E-state index contributed by atoms with van der Waals surface area (Å²) in [5.41, 5.74) is 2.15. The average molecular weight is 471 g/mol. The van der Waals surface area contributed by atoms with Crippen LogP contribution in [0, 0.1) is 17.8 Å². The molecule has 2 bridgehead atoms. The molecule has 1 spiro atoms. The molecule has 186 valence electrons. The molecule has 2 saturated carbocycles. The molecule has 7 nitrogen and oxygen atoms in total. The Bertz CT molecular complexity index is 992. The van der Waals surface area contributed by atoms with Crippen molar-refractivity contribution in [2.24, 2.45) is 17.8 Å². The first-order chi connectivity index (χ1) is 16.3. The van der Waals surface area contributed by atoms with Crippen molar-refractivity contribution in [2.45, 2.75) is 88.4 Å². The number of carbonyl (C=O) groups is 1. The van der Waals surface area contributed by atoms with Gasteiger partial charge in [0.05, 0.1) is 7.11 Å². The molecular formula is C27H38N2O5. The van der Waals surface area contributed by atoms with Crippen LogP contribution in [-0.4, -0.2) is 65.5 Å². The zero-order valence-electron chi connectivity index (χ0n) is 20.5. The first-order valence-electron chi connectivity index (χ1n) is 13.2. The van der Waals surface area contributed by atoms with Crippen molar-refractivity contribution in [1.82, 2.24) is 10.2 Å². The highest BCUT2D eigenvalue weighted by molar-refractivity contribution is 5.73. The van der Waals surface area contributed by atoms with Crippen LogP contribution in [0.4, 0.5) is 0 Å². The number of phenolic OH excluding ortho intramolecular Hbond substituents is 1. The van der Waals surface area contributed by atoms with Crippen LogP contribution >= 0.6 is 0 Å². The Balaban J connectivity index is 1.42. The second-order valence-corrected chi connectivity index (χ2v) is 11.8. The van der Waals surface area contributed by atoms with Crippen molar-refractivity contribution in [3.8, 4) is 17.2 Å². The predicted molar refractivity (Wildman–Crippen MR) is 128 cm³/mol. The maximum atomic E-state index is 12.1. The third kappa shape index (κ3) is 3.26. The van der Waals surface area contributed by atoms with Crippen molar-refractivity contribution >= 4 is 5.97 Å². The van der Waals surface area contributed by atoms with Crippen LogP contribution in [0.2, 0.25) is 0 Å². The van der Waals surface area contributed by atoms with Crippen molar-refractivity contribution in [3.05, 3.63) is 17.2 Å². The zero-order valence-corrected chi connectivity index (χ0v) is 20.5. The minimum atomic E-state index is -0.796. The topological polar surface area (TPSA) is 91.3 Å². The van der Waals surface area contributed by atoms with Crippen LogP contribution in [0.1, 0.15) is 63.5 Å². The number of nitrogens with one attached hydrogen (secondary N) is 1. The highest BCUT2D eigenvalue weighted by atomic mass is 16.5. The molecule has 1 saturated heterocycles. The molecule has 3 fully saturated rings. The van der Waals surface area contributed by atoms with E-state index in [2.05, 4.69) is 24.1 Å². The predicted octanol–water partition coefficient (Wildman–Crippen LogP) is 3.31. The number of hydrogen-bond acceptors (Lipinski definition) is 6. The van der Waals surface area contributed by atoms with Gasteiger partial charge in [-0.1, -0.05) is 13.8 Å². The molecule has 7 heteroatoms. The SMILES string of the molecule is COc1cc(O)c2c3c1C[C@@H]1[C@@H]4CC[C@@H](N[C@@H](CC(C)C)C(=O)O)[C@H](O2)[C@]34CCN1CC1CC1. The van der Waals surface area contributed by atoms with Gasteiger partial charge in [0.2, 0.25) is 0 Å². The van der Waals surface area contributed by atoms with Gasteiger partial charge in [-0.15, -0.1) is 0 Å². The Morgan fingerprint density at radius 2 is 2.12 bits per heavy atom. The highest BCUT2D eigenvalue weighted by Crippen LogP contribution is 2.65. The number of rotatable bonds is 8. The molecular weight excluding hydrogens is 432 g/mol. The fourth-order valence-corrected chi connectivity index (χ4v) is 7.86. The van der Waals surface area contributed by atoms with E-state index in [1.807, 2.05) is 0 Å². The molecule has 0 radical (unpaired) electrons. The molecule has 0 amide bonds. The van der Waals surface area contributed by atoms with E-state index in [0.29, 0.717) is 24.1 Å². The molecule has 2 heterocycles. The van der Waals surface area contributed by atoms with Gasteiger partial charge in [-0.2, -0.15) is 0 Å². The number of benzene rings is 1. The summed E-state index contributed by atoms with van der Waals surface area (Å²) in [5, 5.41) is 24.4. The van der Waals surface area contributed by atoms with Crippen molar-refractivity contribution in [1.29, 1.82) is 0 Å². The largest absolute Gasteiger partial charge is 0.504 e.